The molecule has 1 aromatic heterocycles. The summed E-state index contributed by atoms with van der Waals surface area (Å²) in [6.07, 6.45) is 1.57. The van der Waals surface area contributed by atoms with Crippen LogP contribution in [0.2, 0.25) is 0 Å². The van der Waals surface area contributed by atoms with Gasteiger partial charge in [-0.15, -0.1) is 10.2 Å². The highest BCUT2D eigenvalue weighted by Crippen LogP contribution is 2.15. The predicted octanol–water partition coefficient (Wildman–Crippen LogP) is 1.14. The fraction of sp³-hybridized carbons (Fsp3) is 0.389. The molecule has 0 aliphatic heterocycles. The summed E-state index contributed by atoms with van der Waals surface area (Å²) in [4.78, 5) is 37.6. The lowest BCUT2D eigenvalue weighted by Gasteiger charge is -2.18. The summed E-state index contributed by atoms with van der Waals surface area (Å²) < 4.78 is 1.73. The van der Waals surface area contributed by atoms with Gasteiger partial charge in [-0.2, -0.15) is 0 Å². The Morgan fingerprint density at radius 3 is 2.43 bits per heavy atom. The first kappa shape index (κ1) is 21.4. The fourth-order valence-electron chi connectivity index (χ4n) is 2.30. The summed E-state index contributed by atoms with van der Waals surface area (Å²) >= 11 is 1.28. The maximum absolute atomic E-state index is 12.4. The van der Waals surface area contributed by atoms with Crippen LogP contribution in [0.3, 0.4) is 0 Å². The van der Waals surface area contributed by atoms with Crippen LogP contribution in [0.15, 0.2) is 35.7 Å². The van der Waals surface area contributed by atoms with Crippen molar-refractivity contribution >= 4 is 35.2 Å². The van der Waals surface area contributed by atoms with Gasteiger partial charge < -0.3 is 20.1 Å². The zero-order valence-electron chi connectivity index (χ0n) is 16.3. The maximum Gasteiger partial charge on any atom is 0.254 e. The Bertz CT molecular complexity index is 834. The average molecular weight is 404 g/mol. The summed E-state index contributed by atoms with van der Waals surface area (Å²) in [5, 5.41) is 13.8. The Hall–Kier alpha value is -2.88. The Morgan fingerprint density at radius 2 is 1.86 bits per heavy atom. The molecule has 10 heteroatoms. The van der Waals surface area contributed by atoms with Gasteiger partial charge in [-0.3, -0.25) is 14.4 Å². The highest BCUT2D eigenvalue weighted by atomic mass is 32.2. The van der Waals surface area contributed by atoms with Gasteiger partial charge in [-0.1, -0.05) is 11.8 Å². The lowest BCUT2D eigenvalue weighted by molar-refractivity contribution is -0.122. The Balaban J connectivity index is 1.86. The highest BCUT2D eigenvalue weighted by Gasteiger charge is 2.15. The van der Waals surface area contributed by atoms with Crippen LogP contribution in [-0.2, 0) is 16.6 Å². The monoisotopic (exact) mass is 404 g/mol. The van der Waals surface area contributed by atoms with Crippen LogP contribution in [0.25, 0.3) is 0 Å². The molecule has 28 heavy (non-hydrogen) atoms. The summed E-state index contributed by atoms with van der Waals surface area (Å²) in [5.41, 5.74) is 1.02. The Labute approximate surface area is 167 Å². The van der Waals surface area contributed by atoms with Gasteiger partial charge in [0.05, 0.1) is 12.3 Å². The van der Waals surface area contributed by atoms with E-state index in [0.717, 1.165) is 0 Å². The second-order valence-corrected chi connectivity index (χ2v) is 7.46. The van der Waals surface area contributed by atoms with E-state index in [0.29, 0.717) is 16.4 Å². The molecule has 0 saturated carbocycles. The maximum atomic E-state index is 12.4. The number of benzene rings is 1. The molecular weight excluding hydrogens is 380 g/mol. The number of aromatic nitrogens is 3. The van der Waals surface area contributed by atoms with Crippen molar-refractivity contribution in [3.05, 3.63) is 36.2 Å². The zero-order valence-corrected chi connectivity index (χ0v) is 17.1. The number of anilines is 1. The van der Waals surface area contributed by atoms with E-state index in [9.17, 15) is 14.4 Å². The second kappa shape index (κ2) is 9.88. The van der Waals surface area contributed by atoms with Crippen LogP contribution in [-0.4, -0.2) is 62.8 Å². The number of carbonyl (C=O) groups excluding carboxylic acids is 3. The fourth-order valence-corrected chi connectivity index (χ4v) is 2.99. The number of nitrogens with zero attached hydrogens (tertiary/aromatic N) is 4. The third-order valence-corrected chi connectivity index (χ3v) is 4.63. The predicted molar refractivity (Wildman–Crippen MR) is 107 cm³/mol. The van der Waals surface area contributed by atoms with Crippen molar-refractivity contribution in [3.8, 4) is 0 Å². The average Bonchev–Trinajstić information content (AvgIpc) is 3.04. The smallest absolute Gasteiger partial charge is 0.254 e. The molecule has 2 rings (SSSR count). The van der Waals surface area contributed by atoms with Gasteiger partial charge in [0.25, 0.3) is 5.91 Å². The summed E-state index contributed by atoms with van der Waals surface area (Å²) in [5.74, 6) is -0.472. The largest absolute Gasteiger partial charge is 0.352 e. The molecule has 9 nitrogen and oxygen atoms in total. The minimum Gasteiger partial charge on any atom is -0.352 e. The summed E-state index contributed by atoms with van der Waals surface area (Å²) in [6.45, 7) is 3.70. The Kier molecular flexibility index (Phi) is 7.56. The van der Waals surface area contributed by atoms with Gasteiger partial charge in [-0.25, -0.2) is 0 Å². The van der Waals surface area contributed by atoms with Crippen molar-refractivity contribution in [2.45, 2.75) is 25.0 Å². The van der Waals surface area contributed by atoms with Crippen LogP contribution in [0.5, 0.6) is 0 Å². The second-order valence-electron chi connectivity index (χ2n) is 6.52. The van der Waals surface area contributed by atoms with Gasteiger partial charge in [0.1, 0.15) is 6.33 Å². The lowest BCUT2D eigenvalue weighted by Crippen LogP contribution is -2.40. The molecule has 0 aliphatic rings. The molecule has 2 N–H and O–H groups in total. The topological polar surface area (TPSA) is 109 Å². The van der Waals surface area contributed by atoms with Crippen LogP contribution in [0, 0.1) is 0 Å². The van der Waals surface area contributed by atoms with Crippen molar-refractivity contribution in [1.82, 2.24) is 25.0 Å². The minimum absolute atomic E-state index is 0.0191. The third-order valence-electron chi connectivity index (χ3n) is 3.59. The minimum atomic E-state index is -0.269. The van der Waals surface area contributed by atoms with Crippen LogP contribution in [0.4, 0.5) is 5.69 Å². The van der Waals surface area contributed by atoms with Gasteiger partial charge in [-0.05, 0) is 38.1 Å². The van der Waals surface area contributed by atoms with E-state index in [2.05, 4.69) is 20.8 Å². The lowest BCUT2D eigenvalue weighted by atomic mass is 10.2. The molecule has 0 atom stereocenters. The van der Waals surface area contributed by atoms with E-state index >= 15 is 0 Å². The van der Waals surface area contributed by atoms with E-state index in [4.69, 9.17) is 0 Å². The molecule has 3 amide bonds. The van der Waals surface area contributed by atoms with Gasteiger partial charge in [0.15, 0.2) is 5.16 Å². The van der Waals surface area contributed by atoms with Crippen molar-refractivity contribution in [2.24, 2.45) is 7.05 Å². The number of hydrogen-bond donors (Lipinski definition) is 2. The summed E-state index contributed by atoms with van der Waals surface area (Å²) in [6, 6.07) is 6.56. The molecule has 0 radical (unpaired) electrons. The van der Waals surface area contributed by atoms with E-state index in [1.807, 2.05) is 13.8 Å². The first-order valence-corrected chi connectivity index (χ1v) is 9.66. The standard InChI is InChI=1S/C18H24N6O3S/c1-12(2)20-15(25)9-23(3)17(27)13-5-7-14(8-6-13)21-16(26)10-28-18-22-19-11-24(18)4/h5-8,11-12H,9-10H2,1-4H3,(H,20,25)(H,21,26). The number of aryl methyl sites for hydroxylation is 1. The van der Waals surface area contributed by atoms with Crippen molar-refractivity contribution in [2.75, 3.05) is 24.7 Å². The van der Waals surface area contributed by atoms with E-state index in [-0.39, 0.29) is 36.1 Å². The molecule has 2 aromatic rings. The molecule has 0 unspecified atom stereocenters. The first-order valence-electron chi connectivity index (χ1n) is 8.67. The number of rotatable bonds is 8. The van der Waals surface area contributed by atoms with Gasteiger partial charge in [0.2, 0.25) is 11.8 Å². The number of thioether (sulfide) groups is 1. The number of likely N-dealkylation sites (N-methyl/N-ethyl adjacent to an activating group) is 1. The van der Waals surface area contributed by atoms with E-state index in [1.54, 1.807) is 49.3 Å². The molecule has 0 bridgehead atoms. The highest BCUT2D eigenvalue weighted by molar-refractivity contribution is 7.99. The molecule has 0 spiro atoms. The number of nitrogens with one attached hydrogen (secondary N) is 2. The third kappa shape index (κ3) is 6.38. The molecule has 0 saturated heterocycles. The zero-order chi connectivity index (χ0) is 20.7. The van der Waals surface area contributed by atoms with Crippen molar-refractivity contribution in [3.63, 3.8) is 0 Å². The van der Waals surface area contributed by atoms with Crippen LogP contribution < -0.4 is 10.6 Å². The van der Waals surface area contributed by atoms with Crippen LogP contribution >= 0.6 is 11.8 Å². The van der Waals surface area contributed by atoms with Crippen LogP contribution in [0.1, 0.15) is 24.2 Å². The molecular formula is C18H24N6O3S. The Morgan fingerprint density at radius 1 is 1.18 bits per heavy atom. The quantitative estimate of drug-likeness (QED) is 0.639. The number of hydrogen-bond acceptors (Lipinski definition) is 6. The van der Waals surface area contributed by atoms with E-state index < -0.39 is 0 Å². The molecule has 1 heterocycles. The van der Waals surface area contributed by atoms with Gasteiger partial charge >= 0.3 is 0 Å². The normalized spacial score (nSPS) is 10.6. The van der Waals surface area contributed by atoms with Gasteiger partial charge in [0, 0.05) is 31.4 Å². The molecule has 0 aliphatic carbocycles. The molecule has 0 fully saturated rings. The number of carbonyl (C=O) groups is 3. The first-order chi connectivity index (χ1) is 13.3. The van der Waals surface area contributed by atoms with E-state index in [1.165, 1.54) is 16.7 Å². The number of amides is 3. The van der Waals surface area contributed by atoms with Crippen molar-refractivity contribution in [1.29, 1.82) is 0 Å². The molecule has 1 aromatic carbocycles. The summed E-state index contributed by atoms with van der Waals surface area (Å²) in [7, 11) is 3.38. The molecule has 150 valence electrons. The van der Waals surface area contributed by atoms with Crippen molar-refractivity contribution < 1.29 is 14.4 Å². The SMILES string of the molecule is CC(C)NC(=O)CN(C)C(=O)c1ccc(NC(=O)CSc2nncn2C)cc1.